The normalized spacial score (nSPS) is 12.5. The van der Waals surface area contributed by atoms with Crippen molar-refractivity contribution in [2.24, 2.45) is 5.41 Å². The number of nitrogens with zero attached hydrogens (tertiary/aromatic N) is 2. The Hall–Kier alpha value is -2.18. The Labute approximate surface area is 146 Å². The predicted molar refractivity (Wildman–Crippen MR) is 98.6 cm³/mol. The van der Waals surface area contributed by atoms with Gasteiger partial charge in [-0.05, 0) is 24.0 Å². The fourth-order valence-electron chi connectivity index (χ4n) is 3.11. The molecule has 2 N–H and O–H groups in total. The number of aromatic amines is 1. The van der Waals surface area contributed by atoms with Gasteiger partial charge < -0.3 is 14.5 Å². The van der Waals surface area contributed by atoms with E-state index in [4.69, 9.17) is 9.52 Å². The maximum Gasteiger partial charge on any atom is 0.294 e. The highest BCUT2D eigenvalue weighted by molar-refractivity contribution is 6.01. The molecule has 0 saturated heterocycles. The number of nitrogens with one attached hydrogen (secondary N) is 1. The van der Waals surface area contributed by atoms with Crippen molar-refractivity contribution in [3.63, 3.8) is 0 Å². The van der Waals surface area contributed by atoms with Gasteiger partial charge in [0.25, 0.3) is 5.56 Å². The van der Waals surface area contributed by atoms with Crippen LogP contribution in [0.15, 0.2) is 33.5 Å². The summed E-state index contributed by atoms with van der Waals surface area (Å²) in [6, 6.07) is 7.53. The average Bonchev–Trinajstić information content (AvgIpc) is 2.91. The number of aliphatic hydroxyl groups excluding tert-OH is 1. The minimum atomic E-state index is -0.255. The van der Waals surface area contributed by atoms with E-state index < -0.39 is 0 Å². The van der Waals surface area contributed by atoms with E-state index in [1.54, 1.807) is 0 Å². The molecule has 0 atom stereocenters. The van der Waals surface area contributed by atoms with E-state index in [1.165, 1.54) is 0 Å². The van der Waals surface area contributed by atoms with Crippen molar-refractivity contribution < 1.29 is 9.52 Å². The molecular formula is C19H25N3O3. The second kappa shape index (κ2) is 6.98. The number of hydrogen-bond acceptors (Lipinski definition) is 5. The molecule has 1 aromatic carbocycles. The summed E-state index contributed by atoms with van der Waals surface area (Å²) in [6.07, 6.45) is 0.692. The van der Waals surface area contributed by atoms with E-state index in [0.717, 1.165) is 18.5 Å². The van der Waals surface area contributed by atoms with Crippen molar-refractivity contribution in [3.05, 3.63) is 40.4 Å². The van der Waals surface area contributed by atoms with Gasteiger partial charge in [-0.25, -0.2) is 4.98 Å². The average molecular weight is 343 g/mol. The summed E-state index contributed by atoms with van der Waals surface area (Å²) in [4.78, 5) is 22.1. The van der Waals surface area contributed by atoms with Crippen LogP contribution in [0.4, 0.5) is 0 Å². The Morgan fingerprint density at radius 1 is 1.28 bits per heavy atom. The number of benzene rings is 1. The van der Waals surface area contributed by atoms with E-state index >= 15 is 0 Å². The smallest absolute Gasteiger partial charge is 0.294 e. The van der Waals surface area contributed by atoms with E-state index in [2.05, 4.69) is 35.6 Å². The zero-order valence-electron chi connectivity index (χ0n) is 15.0. The number of furan rings is 1. The van der Waals surface area contributed by atoms with Gasteiger partial charge in [-0.3, -0.25) is 9.69 Å². The largest absolute Gasteiger partial charge is 0.449 e. The molecule has 6 nitrogen and oxygen atoms in total. The standard InChI is InChI=1S/C19H25N3O3/c1-19(2,3)12-22(9-6-10-23)11-15-20-16-13-7-4-5-8-14(13)25-17(16)18(24)21-15/h4-5,7-8,23H,6,9-12H2,1-3H3,(H,20,21,24). The first-order valence-corrected chi connectivity index (χ1v) is 8.61. The summed E-state index contributed by atoms with van der Waals surface area (Å²) < 4.78 is 5.64. The molecule has 3 aromatic rings. The van der Waals surface area contributed by atoms with Gasteiger partial charge in [0.1, 0.15) is 16.9 Å². The van der Waals surface area contributed by atoms with Crippen LogP contribution in [-0.2, 0) is 6.54 Å². The number of aromatic nitrogens is 2. The minimum Gasteiger partial charge on any atom is -0.449 e. The molecule has 0 aliphatic rings. The molecule has 0 bridgehead atoms. The van der Waals surface area contributed by atoms with Gasteiger partial charge in [-0.2, -0.15) is 0 Å². The van der Waals surface area contributed by atoms with Crippen LogP contribution < -0.4 is 5.56 Å². The summed E-state index contributed by atoms with van der Waals surface area (Å²) in [7, 11) is 0. The first kappa shape index (κ1) is 17.6. The van der Waals surface area contributed by atoms with Crippen molar-refractivity contribution in [2.75, 3.05) is 19.7 Å². The third-order valence-electron chi connectivity index (χ3n) is 3.98. The molecule has 2 aromatic heterocycles. The van der Waals surface area contributed by atoms with Gasteiger partial charge in [0.2, 0.25) is 5.58 Å². The molecule has 134 valence electrons. The molecule has 0 aliphatic heterocycles. The summed E-state index contributed by atoms with van der Waals surface area (Å²) >= 11 is 0. The molecule has 2 heterocycles. The van der Waals surface area contributed by atoms with E-state index in [9.17, 15) is 4.79 Å². The quantitative estimate of drug-likeness (QED) is 0.719. The second-order valence-electron chi connectivity index (χ2n) is 7.64. The van der Waals surface area contributed by atoms with Gasteiger partial charge in [-0.15, -0.1) is 0 Å². The summed E-state index contributed by atoms with van der Waals surface area (Å²) in [5.41, 5.74) is 1.39. The number of hydrogen-bond donors (Lipinski definition) is 2. The second-order valence-corrected chi connectivity index (χ2v) is 7.64. The van der Waals surface area contributed by atoms with Crippen LogP contribution in [0.5, 0.6) is 0 Å². The van der Waals surface area contributed by atoms with Crippen molar-refractivity contribution >= 4 is 22.1 Å². The third kappa shape index (κ3) is 4.08. The van der Waals surface area contributed by atoms with Gasteiger partial charge in [-0.1, -0.05) is 32.9 Å². The predicted octanol–water partition coefficient (Wildman–Crippen LogP) is 2.90. The topological polar surface area (TPSA) is 82.4 Å². The molecule has 25 heavy (non-hydrogen) atoms. The molecule has 0 unspecified atom stereocenters. The Morgan fingerprint density at radius 3 is 2.76 bits per heavy atom. The van der Waals surface area contributed by atoms with Crippen LogP contribution in [0.2, 0.25) is 0 Å². The lowest BCUT2D eigenvalue weighted by molar-refractivity contribution is 0.163. The maximum atomic E-state index is 12.4. The summed E-state index contributed by atoms with van der Waals surface area (Å²) in [5, 5.41) is 9.99. The molecular weight excluding hydrogens is 318 g/mol. The number of rotatable bonds is 6. The van der Waals surface area contributed by atoms with Crippen molar-refractivity contribution in [2.45, 2.75) is 33.7 Å². The molecule has 0 saturated carbocycles. The fraction of sp³-hybridized carbons (Fsp3) is 0.474. The highest BCUT2D eigenvalue weighted by Gasteiger charge is 2.19. The number of aliphatic hydroxyl groups is 1. The third-order valence-corrected chi connectivity index (χ3v) is 3.98. The van der Waals surface area contributed by atoms with Gasteiger partial charge in [0.05, 0.1) is 6.54 Å². The van der Waals surface area contributed by atoms with Crippen molar-refractivity contribution in [1.82, 2.24) is 14.9 Å². The molecule has 0 spiro atoms. The Morgan fingerprint density at radius 2 is 2.04 bits per heavy atom. The van der Waals surface area contributed by atoms with Crippen LogP contribution in [0.3, 0.4) is 0 Å². The van der Waals surface area contributed by atoms with Crippen LogP contribution in [-0.4, -0.2) is 39.7 Å². The zero-order chi connectivity index (χ0) is 18.0. The van der Waals surface area contributed by atoms with Crippen molar-refractivity contribution in [3.8, 4) is 0 Å². The molecule has 0 radical (unpaired) electrons. The first-order valence-electron chi connectivity index (χ1n) is 8.61. The highest BCUT2D eigenvalue weighted by Crippen LogP contribution is 2.24. The summed E-state index contributed by atoms with van der Waals surface area (Å²) in [6.45, 7) is 8.78. The molecule has 0 amide bonds. The van der Waals surface area contributed by atoms with Gasteiger partial charge >= 0.3 is 0 Å². The molecule has 3 rings (SSSR count). The lowest BCUT2D eigenvalue weighted by atomic mass is 9.96. The maximum absolute atomic E-state index is 12.4. The van der Waals surface area contributed by atoms with Crippen LogP contribution in [0, 0.1) is 5.41 Å². The lowest BCUT2D eigenvalue weighted by Crippen LogP contribution is -2.34. The van der Waals surface area contributed by atoms with Crippen LogP contribution in [0.25, 0.3) is 22.1 Å². The Kier molecular flexibility index (Phi) is 4.92. The Balaban J connectivity index is 1.96. The highest BCUT2D eigenvalue weighted by atomic mass is 16.3. The molecule has 0 aliphatic carbocycles. The van der Waals surface area contributed by atoms with Crippen LogP contribution >= 0.6 is 0 Å². The number of fused-ring (bicyclic) bond motifs is 3. The SMILES string of the molecule is CC(C)(C)CN(CCCO)Cc1nc2c(oc3ccccc32)c(=O)[nH]1. The summed E-state index contributed by atoms with van der Waals surface area (Å²) in [5.74, 6) is 0.617. The monoisotopic (exact) mass is 343 g/mol. The van der Waals surface area contributed by atoms with Gasteiger partial charge in [0, 0.05) is 25.1 Å². The van der Waals surface area contributed by atoms with Gasteiger partial charge in [0.15, 0.2) is 0 Å². The number of H-pyrrole nitrogens is 1. The fourth-order valence-corrected chi connectivity index (χ4v) is 3.11. The van der Waals surface area contributed by atoms with Crippen molar-refractivity contribution in [1.29, 1.82) is 0 Å². The minimum absolute atomic E-state index is 0.113. The Bertz CT molecular complexity index is 921. The molecule has 0 fully saturated rings. The first-order chi connectivity index (χ1) is 11.9. The van der Waals surface area contributed by atoms with E-state index in [-0.39, 0.29) is 23.2 Å². The zero-order valence-corrected chi connectivity index (χ0v) is 15.0. The van der Waals surface area contributed by atoms with E-state index in [0.29, 0.717) is 29.9 Å². The van der Waals surface area contributed by atoms with Crippen LogP contribution in [0.1, 0.15) is 33.0 Å². The van der Waals surface area contributed by atoms with E-state index in [1.807, 2.05) is 24.3 Å². The molecule has 6 heteroatoms. The lowest BCUT2D eigenvalue weighted by Gasteiger charge is -2.29. The number of para-hydroxylation sites is 1.